The summed E-state index contributed by atoms with van der Waals surface area (Å²) >= 11 is 0. The number of ether oxygens (including phenoxy) is 1. The Morgan fingerprint density at radius 3 is 2.95 bits per heavy atom. The van der Waals surface area contributed by atoms with Crippen LogP contribution in [-0.4, -0.2) is 44.8 Å². The van der Waals surface area contributed by atoms with Gasteiger partial charge >= 0.3 is 0 Å². The van der Waals surface area contributed by atoms with E-state index in [0.717, 1.165) is 31.0 Å². The highest BCUT2D eigenvalue weighted by molar-refractivity contribution is 5.80. The smallest absolute Gasteiger partial charge is 0.251 e. The molecule has 1 atom stereocenters. The first-order valence-corrected chi connectivity index (χ1v) is 6.92. The van der Waals surface area contributed by atoms with Crippen LogP contribution in [0.25, 0.3) is 0 Å². The van der Waals surface area contributed by atoms with Crippen LogP contribution in [0.1, 0.15) is 38.3 Å². The normalized spacial score (nSPS) is 16.3. The van der Waals surface area contributed by atoms with E-state index in [-0.39, 0.29) is 12.0 Å². The van der Waals surface area contributed by atoms with E-state index in [2.05, 4.69) is 21.7 Å². The number of hydrogen-bond donors (Lipinski definition) is 0. The van der Waals surface area contributed by atoms with Crippen molar-refractivity contribution in [1.82, 2.24) is 19.7 Å². The molecule has 106 valence electrons. The molecular formula is C13H22N4O2. The van der Waals surface area contributed by atoms with Crippen LogP contribution >= 0.6 is 0 Å². The van der Waals surface area contributed by atoms with Gasteiger partial charge in [-0.1, -0.05) is 13.3 Å². The number of aryl methyl sites for hydroxylation is 1. The van der Waals surface area contributed by atoms with Gasteiger partial charge in [0.25, 0.3) is 5.91 Å². The molecule has 1 amide bonds. The standard InChI is InChI=1S/C13H22N4O2/c1-4-5-8-19-10(2)13(18)16-6-7-17-11(3)14-15-12(17)9-16/h10H,4-9H2,1-3H3. The number of rotatable bonds is 5. The maximum absolute atomic E-state index is 12.3. The van der Waals surface area contributed by atoms with E-state index in [1.54, 1.807) is 4.90 Å². The third-order valence-electron chi connectivity index (χ3n) is 3.46. The number of carbonyl (C=O) groups excluding carboxylic acids is 1. The summed E-state index contributed by atoms with van der Waals surface area (Å²) < 4.78 is 7.62. The van der Waals surface area contributed by atoms with Crippen molar-refractivity contribution in [2.75, 3.05) is 13.2 Å². The Hall–Kier alpha value is -1.43. The number of nitrogens with zero attached hydrogens (tertiary/aromatic N) is 4. The Bertz CT molecular complexity index is 444. The monoisotopic (exact) mass is 266 g/mol. The summed E-state index contributed by atoms with van der Waals surface area (Å²) in [6.07, 6.45) is 1.69. The maximum atomic E-state index is 12.3. The number of carbonyl (C=O) groups is 1. The van der Waals surface area contributed by atoms with Crippen molar-refractivity contribution < 1.29 is 9.53 Å². The average molecular weight is 266 g/mol. The van der Waals surface area contributed by atoms with Crippen molar-refractivity contribution >= 4 is 5.91 Å². The second-order valence-electron chi connectivity index (χ2n) is 4.94. The Morgan fingerprint density at radius 2 is 2.21 bits per heavy atom. The third-order valence-corrected chi connectivity index (χ3v) is 3.46. The number of amides is 1. The Balaban J connectivity index is 1.91. The summed E-state index contributed by atoms with van der Waals surface area (Å²) in [6, 6.07) is 0. The quantitative estimate of drug-likeness (QED) is 0.750. The number of unbranched alkanes of at least 4 members (excludes halogenated alkanes) is 1. The molecule has 0 aliphatic carbocycles. The highest BCUT2D eigenvalue weighted by Gasteiger charge is 2.26. The van der Waals surface area contributed by atoms with Gasteiger partial charge in [-0.15, -0.1) is 10.2 Å². The molecule has 6 nitrogen and oxygen atoms in total. The minimum atomic E-state index is -0.373. The minimum Gasteiger partial charge on any atom is -0.369 e. The van der Waals surface area contributed by atoms with Crippen molar-refractivity contribution in [1.29, 1.82) is 0 Å². The summed E-state index contributed by atoms with van der Waals surface area (Å²) in [6.45, 7) is 8.50. The number of fused-ring (bicyclic) bond motifs is 1. The van der Waals surface area contributed by atoms with Crippen molar-refractivity contribution in [3.63, 3.8) is 0 Å². The fraction of sp³-hybridized carbons (Fsp3) is 0.769. The van der Waals surface area contributed by atoms with Gasteiger partial charge in [-0.25, -0.2) is 0 Å². The molecule has 19 heavy (non-hydrogen) atoms. The first-order chi connectivity index (χ1) is 9.13. The molecule has 0 radical (unpaired) electrons. The highest BCUT2D eigenvalue weighted by Crippen LogP contribution is 2.13. The zero-order valence-electron chi connectivity index (χ0n) is 11.9. The Labute approximate surface area is 113 Å². The van der Waals surface area contributed by atoms with Crippen LogP contribution in [0, 0.1) is 6.92 Å². The molecule has 1 aromatic heterocycles. The molecule has 0 spiro atoms. The first kappa shape index (κ1) is 14.0. The molecule has 1 unspecified atom stereocenters. The topological polar surface area (TPSA) is 60.2 Å². The summed E-state index contributed by atoms with van der Waals surface area (Å²) in [5.74, 6) is 1.82. The molecule has 0 aromatic carbocycles. The van der Waals surface area contributed by atoms with Gasteiger partial charge < -0.3 is 14.2 Å². The van der Waals surface area contributed by atoms with Crippen molar-refractivity contribution in [3.8, 4) is 0 Å². The van der Waals surface area contributed by atoms with E-state index in [0.29, 0.717) is 19.7 Å². The number of hydrogen-bond acceptors (Lipinski definition) is 4. The molecule has 2 heterocycles. The van der Waals surface area contributed by atoms with Gasteiger partial charge in [0.15, 0.2) is 5.82 Å². The lowest BCUT2D eigenvalue weighted by molar-refractivity contribution is -0.144. The molecule has 1 aliphatic rings. The van der Waals surface area contributed by atoms with E-state index in [9.17, 15) is 4.79 Å². The van der Waals surface area contributed by atoms with Gasteiger partial charge in [0.1, 0.15) is 11.9 Å². The molecule has 1 aromatic rings. The molecular weight excluding hydrogens is 244 g/mol. The van der Waals surface area contributed by atoms with Crippen LogP contribution in [0.15, 0.2) is 0 Å². The lowest BCUT2D eigenvalue weighted by Crippen LogP contribution is -2.43. The molecule has 6 heteroatoms. The molecule has 0 fully saturated rings. The maximum Gasteiger partial charge on any atom is 0.251 e. The molecule has 0 bridgehead atoms. The van der Waals surface area contributed by atoms with Gasteiger partial charge in [0, 0.05) is 19.7 Å². The van der Waals surface area contributed by atoms with Crippen LogP contribution in [0.4, 0.5) is 0 Å². The van der Waals surface area contributed by atoms with E-state index in [1.165, 1.54) is 0 Å². The van der Waals surface area contributed by atoms with Gasteiger partial charge in [-0.2, -0.15) is 0 Å². The highest BCUT2D eigenvalue weighted by atomic mass is 16.5. The van der Waals surface area contributed by atoms with Crippen LogP contribution in [0.5, 0.6) is 0 Å². The van der Waals surface area contributed by atoms with E-state index < -0.39 is 0 Å². The Morgan fingerprint density at radius 1 is 1.42 bits per heavy atom. The predicted octanol–water partition coefficient (Wildman–Crippen LogP) is 1.13. The second kappa shape index (κ2) is 6.14. The summed E-state index contributed by atoms with van der Waals surface area (Å²) in [7, 11) is 0. The van der Waals surface area contributed by atoms with Crippen molar-refractivity contribution in [2.24, 2.45) is 0 Å². The van der Waals surface area contributed by atoms with Crippen LogP contribution in [0.3, 0.4) is 0 Å². The van der Waals surface area contributed by atoms with Gasteiger partial charge in [0.2, 0.25) is 0 Å². The number of aromatic nitrogens is 3. The Kier molecular flexibility index (Phi) is 4.52. The molecule has 0 N–H and O–H groups in total. The van der Waals surface area contributed by atoms with Crippen molar-refractivity contribution in [2.45, 2.75) is 52.8 Å². The third kappa shape index (κ3) is 3.12. The lowest BCUT2D eigenvalue weighted by Gasteiger charge is -2.29. The molecule has 0 saturated heterocycles. The lowest BCUT2D eigenvalue weighted by atomic mass is 10.2. The van der Waals surface area contributed by atoms with E-state index >= 15 is 0 Å². The van der Waals surface area contributed by atoms with E-state index in [4.69, 9.17) is 4.74 Å². The molecule has 2 rings (SSSR count). The minimum absolute atomic E-state index is 0.0445. The van der Waals surface area contributed by atoms with Crippen LogP contribution < -0.4 is 0 Å². The summed E-state index contributed by atoms with van der Waals surface area (Å²) in [4.78, 5) is 14.1. The van der Waals surface area contributed by atoms with Gasteiger partial charge in [0.05, 0.1) is 6.54 Å². The SMILES string of the molecule is CCCCOC(C)C(=O)N1CCn2c(C)nnc2C1. The molecule has 0 saturated carbocycles. The summed E-state index contributed by atoms with van der Waals surface area (Å²) in [5, 5.41) is 8.14. The predicted molar refractivity (Wildman–Crippen MR) is 70.5 cm³/mol. The van der Waals surface area contributed by atoms with Crippen molar-refractivity contribution in [3.05, 3.63) is 11.6 Å². The molecule has 1 aliphatic heterocycles. The average Bonchev–Trinajstić information content (AvgIpc) is 2.79. The largest absolute Gasteiger partial charge is 0.369 e. The first-order valence-electron chi connectivity index (χ1n) is 6.92. The fourth-order valence-corrected chi connectivity index (χ4v) is 2.22. The zero-order chi connectivity index (χ0) is 13.8. The van der Waals surface area contributed by atoms with Crippen LogP contribution in [-0.2, 0) is 22.6 Å². The zero-order valence-corrected chi connectivity index (χ0v) is 11.9. The second-order valence-corrected chi connectivity index (χ2v) is 4.94. The fourth-order valence-electron chi connectivity index (χ4n) is 2.22. The van der Waals surface area contributed by atoms with Crippen LogP contribution in [0.2, 0.25) is 0 Å². The summed E-state index contributed by atoms with van der Waals surface area (Å²) in [5.41, 5.74) is 0. The van der Waals surface area contributed by atoms with E-state index in [1.807, 2.05) is 13.8 Å². The van der Waals surface area contributed by atoms with Gasteiger partial charge in [-0.05, 0) is 20.3 Å². The van der Waals surface area contributed by atoms with Gasteiger partial charge in [-0.3, -0.25) is 4.79 Å².